The van der Waals surface area contributed by atoms with Crippen LogP contribution in [0, 0.1) is 5.41 Å². The molecule has 2 aliphatic heterocycles. The topological polar surface area (TPSA) is 49.6 Å². The van der Waals surface area contributed by atoms with E-state index >= 15 is 0 Å². The third-order valence-electron chi connectivity index (χ3n) is 8.81. The highest BCUT2D eigenvalue weighted by molar-refractivity contribution is 5.93. The van der Waals surface area contributed by atoms with Gasteiger partial charge in [0, 0.05) is 36.4 Å². The monoisotopic (exact) mass is 429 g/mol. The Bertz CT molecular complexity index is 980. The van der Waals surface area contributed by atoms with E-state index in [0.29, 0.717) is 17.0 Å². The number of nitrogens with zero attached hydrogens (tertiary/aromatic N) is 2. The van der Waals surface area contributed by atoms with Crippen molar-refractivity contribution in [3.8, 4) is 0 Å². The molecule has 1 atom stereocenters. The molecule has 2 aromatic carbocycles. The largest absolute Gasteiger partial charge is 0.371 e. The Hall–Kier alpha value is -2.33. The van der Waals surface area contributed by atoms with Crippen LogP contribution in [0.4, 0.5) is 5.69 Å². The number of hydrogen-bond donors (Lipinski definition) is 1. The van der Waals surface area contributed by atoms with Gasteiger partial charge in [-0.1, -0.05) is 24.3 Å². The lowest BCUT2D eigenvalue weighted by Crippen LogP contribution is -2.54. The smallest absolute Gasteiger partial charge is 0.248 e. The highest BCUT2D eigenvalue weighted by Gasteiger charge is 2.50. The van der Waals surface area contributed by atoms with Crippen LogP contribution in [0.15, 0.2) is 48.5 Å². The molecule has 2 heterocycles. The fourth-order valence-corrected chi connectivity index (χ4v) is 6.80. The number of carbonyl (C=O) groups is 1. The molecule has 2 saturated heterocycles. The number of benzene rings is 2. The summed E-state index contributed by atoms with van der Waals surface area (Å²) in [5.74, 6) is 0.484. The zero-order chi connectivity index (χ0) is 21.7. The fraction of sp³-hybridized carbons (Fsp3) is 0.536. The van der Waals surface area contributed by atoms with E-state index in [0.717, 1.165) is 25.0 Å². The van der Waals surface area contributed by atoms with Crippen LogP contribution in [0.2, 0.25) is 0 Å². The Labute approximate surface area is 191 Å². The van der Waals surface area contributed by atoms with Crippen LogP contribution in [0.25, 0.3) is 0 Å². The molecule has 1 amide bonds. The number of carbonyl (C=O) groups excluding carboxylic acids is 1. The fourth-order valence-electron chi connectivity index (χ4n) is 6.80. The molecule has 2 aliphatic carbocycles. The number of piperidine rings is 1. The summed E-state index contributed by atoms with van der Waals surface area (Å²) >= 11 is 0. The van der Waals surface area contributed by atoms with E-state index < -0.39 is 0 Å². The van der Waals surface area contributed by atoms with Crippen molar-refractivity contribution in [3.63, 3.8) is 0 Å². The summed E-state index contributed by atoms with van der Waals surface area (Å²) in [6.07, 6.45) is 10.8. The number of anilines is 1. The molecule has 2 aromatic rings. The van der Waals surface area contributed by atoms with Gasteiger partial charge in [-0.15, -0.1) is 0 Å². The van der Waals surface area contributed by atoms with Gasteiger partial charge in [0.25, 0.3) is 0 Å². The van der Waals surface area contributed by atoms with Crippen molar-refractivity contribution in [2.75, 3.05) is 24.5 Å². The quantitative estimate of drug-likeness (QED) is 0.706. The van der Waals surface area contributed by atoms with Gasteiger partial charge in [0.1, 0.15) is 0 Å². The third kappa shape index (κ3) is 3.63. The van der Waals surface area contributed by atoms with E-state index in [1.807, 2.05) is 24.3 Å². The first kappa shape index (κ1) is 20.3. The Balaban J connectivity index is 1.08. The van der Waals surface area contributed by atoms with Crippen molar-refractivity contribution in [1.29, 1.82) is 0 Å². The van der Waals surface area contributed by atoms with Gasteiger partial charge in [0.15, 0.2) is 0 Å². The maximum atomic E-state index is 11.3. The predicted molar refractivity (Wildman–Crippen MR) is 129 cm³/mol. The summed E-state index contributed by atoms with van der Waals surface area (Å²) in [6, 6.07) is 18.6. The second-order valence-corrected chi connectivity index (χ2v) is 10.8. The van der Waals surface area contributed by atoms with Crippen LogP contribution in [0.5, 0.6) is 0 Å². The molecule has 0 radical (unpaired) electrons. The van der Waals surface area contributed by atoms with Gasteiger partial charge in [-0.2, -0.15) is 0 Å². The van der Waals surface area contributed by atoms with Crippen molar-refractivity contribution in [3.05, 3.63) is 65.2 Å². The lowest BCUT2D eigenvalue weighted by Gasteiger charge is -2.56. The highest BCUT2D eigenvalue weighted by atomic mass is 16.1. The Morgan fingerprint density at radius 3 is 2.22 bits per heavy atom. The number of likely N-dealkylation sites (tertiary alicyclic amines) is 1. The average molecular weight is 430 g/mol. The Morgan fingerprint density at radius 1 is 0.875 bits per heavy atom. The van der Waals surface area contributed by atoms with E-state index in [-0.39, 0.29) is 5.91 Å². The minimum atomic E-state index is -0.352. The molecule has 4 nitrogen and oxygen atoms in total. The minimum Gasteiger partial charge on any atom is -0.371 e. The predicted octanol–water partition coefficient (Wildman–Crippen LogP) is 5.25. The molecule has 4 fully saturated rings. The summed E-state index contributed by atoms with van der Waals surface area (Å²) in [5.41, 5.74) is 11.0. The maximum absolute atomic E-state index is 11.3. The first-order valence-electron chi connectivity index (χ1n) is 12.6. The summed E-state index contributed by atoms with van der Waals surface area (Å²) in [6.45, 7) is 3.52. The second kappa shape index (κ2) is 7.91. The molecular weight excluding hydrogens is 394 g/mol. The van der Waals surface area contributed by atoms with E-state index in [9.17, 15) is 4.79 Å². The number of amides is 1. The third-order valence-corrected chi connectivity index (χ3v) is 8.81. The van der Waals surface area contributed by atoms with Crippen LogP contribution >= 0.6 is 0 Å². The van der Waals surface area contributed by atoms with E-state index in [1.165, 1.54) is 63.6 Å². The molecule has 32 heavy (non-hydrogen) atoms. The molecule has 2 saturated carbocycles. The molecule has 1 spiro atoms. The lowest BCUT2D eigenvalue weighted by molar-refractivity contribution is -0.0227. The van der Waals surface area contributed by atoms with Gasteiger partial charge in [-0.3, -0.25) is 9.69 Å². The summed E-state index contributed by atoms with van der Waals surface area (Å²) < 4.78 is 0. The van der Waals surface area contributed by atoms with E-state index in [4.69, 9.17) is 5.73 Å². The zero-order valence-electron chi connectivity index (χ0n) is 19.0. The van der Waals surface area contributed by atoms with Crippen molar-refractivity contribution < 1.29 is 4.79 Å². The SMILES string of the molecule is NC(=O)c1ccc(N2CCC3(CC2)CC(N2CCC[C@H]2c2ccccc2C2CC2)C3)cc1. The normalized spacial score (nSPS) is 25.8. The molecule has 0 aromatic heterocycles. The van der Waals surface area contributed by atoms with Gasteiger partial charge in [0.05, 0.1) is 0 Å². The Morgan fingerprint density at radius 2 is 1.56 bits per heavy atom. The first-order valence-corrected chi connectivity index (χ1v) is 12.6. The Kier molecular flexibility index (Phi) is 5.02. The second-order valence-electron chi connectivity index (χ2n) is 10.8. The molecule has 6 rings (SSSR count). The molecular formula is C28H35N3O. The number of hydrogen-bond acceptors (Lipinski definition) is 3. The molecule has 0 unspecified atom stereocenters. The van der Waals surface area contributed by atoms with E-state index in [1.54, 1.807) is 11.1 Å². The van der Waals surface area contributed by atoms with Gasteiger partial charge in [-0.05, 0) is 105 Å². The number of primary amides is 1. The number of rotatable bonds is 5. The van der Waals surface area contributed by atoms with Gasteiger partial charge < -0.3 is 10.6 Å². The zero-order valence-corrected chi connectivity index (χ0v) is 19.0. The van der Waals surface area contributed by atoms with Gasteiger partial charge in [-0.25, -0.2) is 0 Å². The molecule has 2 N–H and O–H groups in total. The van der Waals surface area contributed by atoms with Crippen molar-refractivity contribution in [2.24, 2.45) is 11.1 Å². The van der Waals surface area contributed by atoms with E-state index in [2.05, 4.69) is 34.1 Å². The summed E-state index contributed by atoms with van der Waals surface area (Å²) in [4.78, 5) is 16.7. The van der Waals surface area contributed by atoms with Crippen LogP contribution in [0.1, 0.15) is 84.8 Å². The standard InChI is InChI=1S/C28H35N3O/c29-27(32)21-9-11-22(12-10-21)30-16-13-28(14-17-30)18-23(19-28)31-15-3-6-26(31)25-5-2-1-4-24(25)20-7-8-20/h1-2,4-5,9-12,20,23,26H,3,6-8,13-19H2,(H2,29,32)/t26-/m0/s1. The van der Waals surface area contributed by atoms with Crippen LogP contribution in [-0.2, 0) is 0 Å². The maximum Gasteiger partial charge on any atom is 0.248 e. The molecule has 168 valence electrons. The van der Waals surface area contributed by atoms with Gasteiger partial charge >= 0.3 is 0 Å². The minimum absolute atomic E-state index is 0.352. The van der Waals surface area contributed by atoms with Crippen LogP contribution in [-0.4, -0.2) is 36.5 Å². The van der Waals surface area contributed by atoms with Crippen molar-refractivity contribution in [1.82, 2.24) is 4.90 Å². The van der Waals surface area contributed by atoms with Crippen LogP contribution in [0.3, 0.4) is 0 Å². The van der Waals surface area contributed by atoms with Gasteiger partial charge in [0.2, 0.25) is 5.91 Å². The average Bonchev–Trinajstić information content (AvgIpc) is 3.54. The first-order chi connectivity index (χ1) is 15.6. The summed E-state index contributed by atoms with van der Waals surface area (Å²) in [7, 11) is 0. The van der Waals surface area contributed by atoms with Crippen molar-refractivity contribution in [2.45, 2.75) is 69.4 Å². The molecule has 4 aliphatic rings. The van der Waals surface area contributed by atoms with Crippen LogP contribution < -0.4 is 10.6 Å². The van der Waals surface area contributed by atoms with Crippen molar-refractivity contribution >= 4 is 11.6 Å². The molecule has 4 heteroatoms. The number of nitrogens with two attached hydrogens (primary N) is 1. The molecule has 0 bridgehead atoms. The summed E-state index contributed by atoms with van der Waals surface area (Å²) in [5, 5.41) is 0. The highest BCUT2D eigenvalue weighted by Crippen LogP contribution is 2.54. The lowest BCUT2D eigenvalue weighted by atomic mass is 9.59.